The van der Waals surface area contributed by atoms with Gasteiger partial charge in [-0.05, 0) is 96.5 Å². The second-order valence-electron chi connectivity index (χ2n) is 7.92. The quantitative estimate of drug-likeness (QED) is 0.315. The van der Waals surface area contributed by atoms with Crippen LogP contribution >= 0.6 is 0 Å². The monoisotopic (exact) mass is 426 g/mol. The minimum Gasteiger partial charge on any atom is -0.508 e. The molecular formula is C28H26O4. The Morgan fingerprint density at radius 3 is 1.50 bits per heavy atom. The van der Waals surface area contributed by atoms with Crippen molar-refractivity contribution in [1.29, 1.82) is 0 Å². The zero-order valence-corrected chi connectivity index (χ0v) is 17.7. The molecule has 4 heteroatoms. The number of phenolic OH excluding ortho intramolecular Hbond substituents is 3. The van der Waals surface area contributed by atoms with Crippen molar-refractivity contribution in [3.8, 4) is 28.7 Å². The van der Waals surface area contributed by atoms with Crippen molar-refractivity contribution in [2.24, 2.45) is 0 Å². The molecule has 0 aliphatic carbocycles. The molecule has 0 fully saturated rings. The van der Waals surface area contributed by atoms with Gasteiger partial charge in [-0.15, -0.1) is 0 Å². The summed E-state index contributed by atoms with van der Waals surface area (Å²) in [6.07, 6.45) is 3.26. The summed E-state index contributed by atoms with van der Waals surface area (Å²) in [4.78, 5) is 0. The van der Waals surface area contributed by atoms with E-state index >= 15 is 0 Å². The molecule has 3 N–H and O–H groups in total. The van der Waals surface area contributed by atoms with E-state index in [1.54, 1.807) is 24.3 Å². The lowest BCUT2D eigenvalue weighted by Gasteiger charge is -2.10. The molecule has 0 spiro atoms. The fourth-order valence-electron chi connectivity index (χ4n) is 3.71. The molecule has 0 atom stereocenters. The van der Waals surface area contributed by atoms with Gasteiger partial charge in [0.25, 0.3) is 0 Å². The van der Waals surface area contributed by atoms with Crippen LogP contribution in [0.1, 0.15) is 22.3 Å². The van der Waals surface area contributed by atoms with Crippen LogP contribution in [0.2, 0.25) is 0 Å². The zero-order chi connectivity index (χ0) is 22.3. The number of phenols is 3. The zero-order valence-electron chi connectivity index (χ0n) is 17.7. The van der Waals surface area contributed by atoms with Crippen LogP contribution in [0, 0.1) is 0 Å². The van der Waals surface area contributed by atoms with Gasteiger partial charge in [0.1, 0.15) is 28.7 Å². The number of aromatic hydroxyl groups is 3. The summed E-state index contributed by atoms with van der Waals surface area (Å²) in [7, 11) is 0. The molecule has 0 amide bonds. The summed E-state index contributed by atoms with van der Waals surface area (Å²) in [5, 5.41) is 28.7. The third-order valence-corrected chi connectivity index (χ3v) is 5.34. The van der Waals surface area contributed by atoms with Crippen molar-refractivity contribution in [2.75, 3.05) is 0 Å². The maximum absolute atomic E-state index is 9.65. The van der Waals surface area contributed by atoms with Crippen molar-refractivity contribution >= 4 is 0 Å². The lowest BCUT2D eigenvalue weighted by Crippen LogP contribution is -1.94. The first kappa shape index (κ1) is 21.3. The molecule has 4 nitrogen and oxygen atoms in total. The van der Waals surface area contributed by atoms with Gasteiger partial charge in [-0.3, -0.25) is 0 Å². The van der Waals surface area contributed by atoms with Crippen LogP contribution in [0.25, 0.3) is 0 Å². The highest BCUT2D eigenvalue weighted by atomic mass is 16.5. The van der Waals surface area contributed by atoms with Crippen LogP contribution in [0.3, 0.4) is 0 Å². The summed E-state index contributed by atoms with van der Waals surface area (Å²) in [5.74, 6) is 2.00. The molecule has 0 radical (unpaired) electrons. The molecule has 4 aromatic carbocycles. The predicted octanol–water partition coefficient (Wildman–Crippen LogP) is 6.17. The summed E-state index contributed by atoms with van der Waals surface area (Å²) in [5.41, 5.74) is 4.38. The summed E-state index contributed by atoms with van der Waals surface area (Å²) in [6, 6.07) is 28.1. The molecule has 0 aliphatic rings. The summed E-state index contributed by atoms with van der Waals surface area (Å²) < 4.78 is 6.10. The van der Waals surface area contributed by atoms with Crippen molar-refractivity contribution in [2.45, 2.75) is 25.7 Å². The highest BCUT2D eigenvalue weighted by Crippen LogP contribution is 2.26. The van der Waals surface area contributed by atoms with Gasteiger partial charge in [-0.25, -0.2) is 0 Å². The van der Waals surface area contributed by atoms with Crippen molar-refractivity contribution in [3.05, 3.63) is 113 Å². The van der Waals surface area contributed by atoms with E-state index in [-0.39, 0.29) is 17.2 Å². The Morgan fingerprint density at radius 2 is 0.938 bits per heavy atom. The molecule has 0 bridgehead atoms. The van der Waals surface area contributed by atoms with Crippen molar-refractivity contribution in [1.82, 2.24) is 0 Å². The fraction of sp³-hybridized carbons (Fsp3) is 0.143. The van der Waals surface area contributed by atoms with E-state index in [0.29, 0.717) is 6.42 Å². The Bertz CT molecular complexity index is 1160. The van der Waals surface area contributed by atoms with E-state index in [9.17, 15) is 15.3 Å². The van der Waals surface area contributed by atoms with Crippen molar-refractivity contribution < 1.29 is 20.1 Å². The molecule has 0 heterocycles. The van der Waals surface area contributed by atoms with Crippen LogP contribution in [0.15, 0.2) is 91.0 Å². The average molecular weight is 427 g/mol. The van der Waals surface area contributed by atoms with Gasteiger partial charge >= 0.3 is 0 Å². The van der Waals surface area contributed by atoms with Crippen LogP contribution < -0.4 is 4.74 Å². The molecule has 4 aromatic rings. The highest BCUT2D eigenvalue weighted by Gasteiger charge is 2.04. The van der Waals surface area contributed by atoms with Gasteiger partial charge < -0.3 is 20.1 Å². The molecular weight excluding hydrogens is 400 g/mol. The largest absolute Gasteiger partial charge is 0.508 e. The SMILES string of the molecule is Oc1ccc(CCc2cccc(Oc3cccc(CCc4cc(O)cc(O)c4)c3)c2)cc1. The first-order valence-corrected chi connectivity index (χ1v) is 10.7. The smallest absolute Gasteiger partial charge is 0.127 e. The summed E-state index contributed by atoms with van der Waals surface area (Å²) in [6.45, 7) is 0. The molecule has 0 saturated carbocycles. The van der Waals surface area contributed by atoms with E-state index < -0.39 is 0 Å². The first-order valence-electron chi connectivity index (χ1n) is 10.7. The maximum atomic E-state index is 9.65. The molecule has 4 rings (SSSR count). The Kier molecular flexibility index (Phi) is 6.61. The molecule has 0 saturated heterocycles. The Labute approximate surface area is 188 Å². The first-order chi connectivity index (χ1) is 15.5. The summed E-state index contributed by atoms with van der Waals surface area (Å²) >= 11 is 0. The van der Waals surface area contributed by atoms with Gasteiger partial charge in [0.15, 0.2) is 0 Å². The third-order valence-electron chi connectivity index (χ3n) is 5.34. The minimum absolute atomic E-state index is 0.0716. The Balaban J connectivity index is 1.37. The average Bonchev–Trinajstić information content (AvgIpc) is 2.77. The predicted molar refractivity (Wildman–Crippen MR) is 126 cm³/mol. The second-order valence-corrected chi connectivity index (χ2v) is 7.92. The van der Waals surface area contributed by atoms with Crippen LogP contribution in [0.5, 0.6) is 28.7 Å². The lowest BCUT2D eigenvalue weighted by atomic mass is 10.0. The fourth-order valence-corrected chi connectivity index (χ4v) is 3.71. The number of hydrogen-bond donors (Lipinski definition) is 3. The normalized spacial score (nSPS) is 10.8. The minimum atomic E-state index is 0.0716. The third kappa shape index (κ3) is 6.05. The van der Waals surface area contributed by atoms with E-state index in [2.05, 4.69) is 12.1 Å². The number of ether oxygens (including phenoxy) is 1. The second kappa shape index (κ2) is 9.92. The highest BCUT2D eigenvalue weighted by molar-refractivity contribution is 5.39. The van der Waals surface area contributed by atoms with E-state index in [4.69, 9.17) is 4.74 Å². The van der Waals surface area contributed by atoms with Gasteiger partial charge in [0, 0.05) is 6.07 Å². The molecule has 162 valence electrons. The Hall–Kier alpha value is -3.92. The van der Waals surface area contributed by atoms with Crippen LogP contribution in [-0.2, 0) is 25.7 Å². The van der Waals surface area contributed by atoms with Gasteiger partial charge in [0.2, 0.25) is 0 Å². The van der Waals surface area contributed by atoms with Crippen LogP contribution in [-0.4, -0.2) is 15.3 Å². The van der Waals surface area contributed by atoms with Gasteiger partial charge in [-0.1, -0.05) is 36.4 Å². The van der Waals surface area contributed by atoms with E-state index in [1.165, 1.54) is 17.2 Å². The van der Waals surface area contributed by atoms with E-state index in [0.717, 1.165) is 41.9 Å². The molecule has 0 unspecified atom stereocenters. The topological polar surface area (TPSA) is 69.9 Å². The van der Waals surface area contributed by atoms with E-state index in [1.807, 2.05) is 48.5 Å². The molecule has 32 heavy (non-hydrogen) atoms. The number of benzene rings is 4. The number of aryl methyl sites for hydroxylation is 4. The molecule has 0 aliphatic heterocycles. The number of hydrogen-bond acceptors (Lipinski definition) is 4. The van der Waals surface area contributed by atoms with Crippen LogP contribution in [0.4, 0.5) is 0 Å². The maximum Gasteiger partial charge on any atom is 0.127 e. The number of rotatable bonds is 8. The Morgan fingerprint density at radius 1 is 0.438 bits per heavy atom. The molecule has 0 aromatic heterocycles. The van der Waals surface area contributed by atoms with Gasteiger partial charge in [-0.2, -0.15) is 0 Å². The van der Waals surface area contributed by atoms with Gasteiger partial charge in [0.05, 0.1) is 0 Å². The van der Waals surface area contributed by atoms with Crippen molar-refractivity contribution in [3.63, 3.8) is 0 Å². The standard InChI is InChI=1S/C28H26O4/c29-24-13-11-20(12-14-24)7-8-21-3-1-5-27(17-21)32-28-6-2-4-22(18-28)9-10-23-15-25(30)19-26(31)16-23/h1-6,11-19,29-31H,7-10H2. The lowest BCUT2D eigenvalue weighted by molar-refractivity contribution is 0.449.